The van der Waals surface area contributed by atoms with Gasteiger partial charge in [0, 0.05) is 11.1 Å². The fraction of sp³-hybridized carbons (Fsp3) is 0.182. The molecule has 0 amide bonds. The second-order valence-electron chi connectivity index (χ2n) is 3.00. The quantitative estimate of drug-likeness (QED) is 0.524. The molecule has 0 N–H and O–H groups in total. The Balaban J connectivity index is 3.61. The van der Waals surface area contributed by atoms with Gasteiger partial charge in [0.2, 0.25) is 0 Å². The number of aryl methyl sites for hydroxylation is 1. The fourth-order valence-corrected chi connectivity index (χ4v) is 1.42. The molecule has 0 heterocycles. The number of hydrogen-bond acceptors (Lipinski definition) is 3. The van der Waals surface area contributed by atoms with Gasteiger partial charge in [0.05, 0.1) is 11.6 Å². The van der Waals surface area contributed by atoms with Gasteiger partial charge in [0.1, 0.15) is 0 Å². The molecular weight excluding hydrogens is 178 g/mol. The molecule has 3 nitrogen and oxygen atoms in total. The number of aldehydes is 1. The molecule has 0 unspecified atom stereocenters. The van der Waals surface area contributed by atoms with E-state index in [0.29, 0.717) is 11.8 Å². The minimum Gasteiger partial charge on any atom is -0.298 e. The van der Waals surface area contributed by atoms with E-state index < -0.39 is 0 Å². The zero-order valence-corrected chi connectivity index (χ0v) is 8.00. The smallest absolute Gasteiger partial charge is 0.160 e. The Hall–Kier alpha value is -1.95. The van der Waals surface area contributed by atoms with Gasteiger partial charge < -0.3 is 0 Å². The van der Waals surface area contributed by atoms with Crippen molar-refractivity contribution in [3.8, 4) is 6.07 Å². The number of Topliss-reactive ketones (excluding diaryl/α,β-unsaturated/α-hetero) is 1. The van der Waals surface area contributed by atoms with Crippen molar-refractivity contribution in [3.05, 3.63) is 34.4 Å². The molecule has 14 heavy (non-hydrogen) atoms. The highest BCUT2D eigenvalue weighted by molar-refractivity contribution is 6.03. The Bertz CT molecular complexity index is 441. The molecule has 0 saturated carbocycles. The van der Waals surface area contributed by atoms with Crippen LogP contribution in [0, 0.1) is 18.3 Å². The maximum Gasteiger partial charge on any atom is 0.160 e. The molecule has 1 aromatic rings. The second kappa shape index (κ2) is 3.84. The van der Waals surface area contributed by atoms with E-state index in [9.17, 15) is 9.59 Å². The molecule has 0 aliphatic rings. The average molecular weight is 187 g/mol. The molecule has 0 radical (unpaired) electrons. The van der Waals surface area contributed by atoms with Crippen LogP contribution in [0.15, 0.2) is 12.1 Å². The Labute approximate surface area is 82.0 Å². The molecule has 1 aromatic carbocycles. The Kier molecular flexibility index (Phi) is 2.78. The largest absolute Gasteiger partial charge is 0.298 e. The lowest BCUT2D eigenvalue weighted by Gasteiger charge is -2.05. The van der Waals surface area contributed by atoms with Gasteiger partial charge in [-0.3, -0.25) is 9.59 Å². The minimum atomic E-state index is -0.193. The number of rotatable bonds is 2. The summed E-state index contributed by atoms with van der Waals surface area (Å²) in [6.07, 6.45) is 0.558. The zero-order valence-electron chi connectivity index (χ0n) is 8.00. The maximum absolute atomic E-state index is 11.2. The molecule has 3 heteroatoms. The normalized spacial score (nSPS) is 9.21. The Morgan fingerprint density at radius 2 is 2.14 bits per heavy atom. The first-order valence-corrected chi connectivity index (χ1v) is 4.11. The molecule has 0 aliphatic heterocycles. The van der Waals surface area contributed by atoms with Crippen LogP contribution >= 0.6 is 0 Å². The molecule has 0 saturated heterocycles. The van der Waals surface area contributed by atoms with Gasteiger partial charge in [0.15, 0.2) is 12.1 Å². The van der Waals surface area contributed by atoms with Crippen molar-refractivity contribution in [2.75, 3.05) is 0 Å². The van der Waals surface area contributed by atoms with Gasteiger partial charge in [0.25, 0.3) is 0 Å². The third kappa shape index (κ3) is 1.55. The highest BCUT2D eigenvalue weighted by Crippen LogP contribution is 2.17. The number of nitrogens with zero attached hydrogens (tertiary/aromatic N) is 1. The van der Waals surface area contributed by atoms with E-state index in [-0.39, 0.29) is 16.9 Å². The Morgan fingerprint density at radius 3 is 2.57 bits per heavy atom. The first-order chi connectivity index (χ1) is 6.61. The van der Waals surface area contributed by atoms with Crippen LogP contribution in [0.4, 0.5) is 0 Å². The topological polar surface area (TPSA) is 57.9 Å². The summed E-state index contributed by atoms with van der Waals surface area (Å²) in [6.45, 7) is 3.13. The van der Waals surface area contributed by atoms with Gasteiger partial charge >= 0.3 is 0 Å². The van der Waals surface area contributed by atoms with Crippen LogP contribution in [0.25, 0.3) is 0 Å². The summed E-state index contributed by atoms with van der Waals surface area (Å²) >= 11 is 0. The average Bonchev–Trinajstić information content (AvgIpc) is 2.16. The third-order valence-corrected chi connectivity index (χ3v) is 2.04. The zero-order chi connectivity index (χ0) is 10.7. The summed E-state index contributed by atoms with van der Waals surface area (Å²) < 4.78 is 0. The van der Waals surface area contributed by atoms with E-state index in [1.54, 1.807) is 19.1 Å². The van der Waals surface area contributed by atoms with Crippen LogP contribution in [0.2, 0.25) is 0 Å². The molecule has 0 aromatic heterocycles. The lowest BCUT2D eigenvalue weighted by Crippen LogP contribution is -2.04. The van der Waals surface area contributed by atoms with Gasteiger partial charge in [-0.2, -0.15) is 5.26 Å². The summed E-state index contributed by atoms with van der Waals surface area (Å²) in [7, 11) is 0. The van der Waals surface area contributed by atoms with Crippen LogP contribution in [-0.2, 0) is 0 Å². The molecule has 70 valence electrons. The maximum atomic E-state index is 11.2. The Morgan fingerprint density at radius 1 is 1.50 bits per heavy atom. The first kappa shape index (κ1) is 10.1. The highest BCUT2D eigenvalue weighted by atomic mass is 16.1. The summed E-state index contributed by atoms with van der Waals surface area (Å²) in [4.78, 5) is 22.0. The lowest BCUT2D eigenvalue weighted by molar-refractivity contribution is 0.100. The van der Waals surface area contributed by atoms with E-state index in [4.69, 9.17) is 5.26 Å². The van der Waals surface area contributed by atoms with Crippen molar-refractivity contribution in [3.63, 3.8) is 0 Å². The predicted molar refractivity (Wildman–Crippen MR) is 51.3 cm³/mol. The molecule has 1 rings (SSSR count). The molecule has 0 aliphatic carbocycles. The number of carbonyl (C=O) groups is 2. The summed E-state index contributed by atoms with van der Waals surface area (Å²) in [5, 5.41) is 8.73. The lowest BCUT2D eigenvalue weighted by atomic mass is 9.95. The molecule has 0 spiro atoms. The van der Waals surface area contributed by atoms with Crippen LogP contribution in [0.3, 0.4) is 0 Å². The summed E-state index contributed by atoms with van der Waals surface area (Å²) in [6, 6.07) is 5.10. The monoisotopic (exact) mass is 187 g/mol. The number of carbonyl (C=O) groups excluding carboxylic acids is 2. The van der Waals surface area contributed by atoms with Crippen LogP contribution in [0.1, 0.15) is 38.8 Å². The van der Waals surface area contributed by atoms with Crippen LogP contribution in [0.5, 0.6) is 0 Å². The van der Waals surface area contributed by atoms with E-state index in [1.807, 2.05) is 6.07 Å². The molecule has 0 bridgehead atoms. The van der Waals surface area contributed by atoms with Gasteiger partial charge in [-0.05, 0) is 25.5 Å². The summed E-state index contributed by atoms with van der Waals surface area (Å²) in [5.74, 6) is -0.193. The van der Waals surface area contributed by atoms with Gasteiger partial charge in [-0.25, -0.2) is 0 Å². The second-order valence-corrected chi connectivity index (χ2v) is 3.00. The van der Waals surface area contributed by atoms with Crippen molar-refractivity contribution in [2.24, 2.45) is 0 Å². The highest BCUT2D eigenvalue weighted by Gasteiger charge is 2.13. The summed E-state index contributed by atoms with van der Waals surface area (Å²) in [5.41, 5.74) is 1.51. The van der Waals surface area contributed by atoms with Crippen molar-refractivity contribution >= 4 is 12.1 Å². The van der Waals surface area contributed by atoms with Crippen molar-refractivity contribution in [1.82, 2.24) is 0 Å². The molecule has 0 fully saturated rings. The van der Waals surface area contributed by atoms with Crippen molar-refractivity contribution < 1.29 is 9.59 Å². The minimum absolute atomic E-state index is 0.193. The number of hydrogen-bond donors (Lipinski definition) is 0. The first-order valence-electron chi connectivity index (χ1n) is 4.11. The van der Waals surface area contributed by atoms with Crippen LogP contribution in [-0.4, -0.2) is 12.1 Å². The molecule has 0 atom stereocenters. The predicted octanol–water partition coefficient (Wildman–Crippen LogP) is 1.88. The third-order valence-electron chi connectivity index (χ3n) is 2.04. The fourth-order valence-electron chi connectivity index (χ4n) is 1.42. The standard InChI is InChI=1S/C11H9NO2/c1-7-3-4-9(5-12)10(6-13)11(7)8(2)14/h3-4,6H,1-2H3. The van der Waals surface area contributed by atoms with E-state index in [0.717, 1.165) is 5.56 Å². The van der Waals surface area contributed by atoms with E-state index >= 15 is 0 Å². The van der Waals surface area contributed by atoms with Crippen LogP contribution < -0.4 is 0 Å². The van der Waals surface area contributed by atoms with Gasteiger partial charge in [-0.15, -0.1) is 0 Å². The number of benzene rings is 1. The van der Waals surface area contributed by atoms with Gasteiger partial charge in [-0.1, -0.05) is 6.07 Å². The van der Waals surface area contributed by atoms with E-state index in [2.05, 4.69) is 0 Å². The van der Waals surface area contributed by atoms with E-state index in [1.165, 1.54) is 6.92 Å². The number of ketones is 1. The van der Waals surface area contributed by atoms with Crippen molar-refractivity contribution in [2.45, 2.75) is 13.8 Å². The molecular formula is C11H9NO2. The van der Waals surface area contributed by atoms with Crippen molar-refractivity contribution in [1.29, 1.82) is 5.26 Å². The number of nitriles is 1. The SMILES string of the molecule is CC(=O)c1c(C)ccc(C#N)c1C=O.